The van der Waals surface area contributed by atoms with Crippen molar-refractivity contribution in [3.05, 3.63) is 29.3 Å². The van der Waals surface area contributed by atoms with Crippen LogP contribution in [0.15, 0.2) is 29.2 Å². The number of nitrogens with one attached hydrogen (secondary N) is 1. The summed E-state index contributed by atoms with van der Waals surface area (Å²) in [5.74, 6) is 0.302. The van der Waals surface area contributed by atoms with Crippen LogP contribution in [0, 0.1) is 5.92 Å². The Morgan fingerprint density at radius 3 is 2.52 bits per heavy atom. The van der Waals surface area contributed by atoms with Crippen LogP contribution in [0.2, 0.25) is 5.02 Å². The number of thioether (sulfide) groups is 1. The zero-order valence-electron chi connectivity index (χ0n) is 14.0. The first-order valence-electron chi connectivity index (χ1n) is 8.63. The smallest absolute Gasteiger partial charge is 0.317 e. The van der Waals surface area contributed by atoms with Crippen LogP contribution in [0.4, 0.5) is 0 Å². The van der Waals surface area contributed by atoms with Crippen LogP contribution in [0.5, 0.6) is 0 Å². The van der Waals surface area contributed by atoms with Gasteiger partial charge < -0.3 is 10.4 Å². The van der Waals surface area contributed by atoms with Gasteiger partial charge in [-0.1, -0.05) is 11.6 Å². The fourth-order valence-electron chi connectivity index (χ4n) is 3.10. The van der Waals surface area contributed by atoms with Gasteiger partial charge >= 0.3 is 5.97 Å². The predicted octanol–water partition coefficient (Wildman–Crippen LogP) is 2.88. The molecule has 0 spiro atoms. The van der Waals surface area contributed by atoms with E-state index in [0.717, 1.165) is 24.3 Å². The molecular formula is C18H23ClN2O3S. The zero-order valence-corrected chi connectivity index (χ0v) is 15.6. The van der Waals surface area contributed by atoms with E-state index in [2.05, 4.69) is 10.2 Å². The lowest BCUT2D eigenvalue weighted by Crippen LogP contribution is -2.55. The first-order chi connectivity index (χ1) is 12.0. The average Bonchev–Trinajstić information content (AvgIpc) is 3.33. The fourth-order valence-corrected chi connectivity index (χ4v) is 3.94. The van der Waals surface area contributed by atoms with Gasteiger partial charge in [0.25, 0.3) is 0 Å². The van der Waals surface area contributed by atoms with Gasteiger partial charge in [0.05, 0.1) is 12.3 Å². The molecule has 0 aromatic heterocycles. The van der Waals surface area contributed by atoms with Crippen LogP contribution < -0.4 is 5.32 Å². The summed E-state index contributed by atoms with van der Waals surface area (Å²) in [6.45, 7) is 0.984. The molecule has 25 heavy (non-hydrogen) atoms. The molecule has 0 aliphatic heterocycles. The summed E-state index contributed by atoms with van der Waals surface area (Å²) in [5.41, 5.74) is 0. The summed E-state index contributed by atoms with van der Waals surface area (Å²) in [6, 6.07) is 7.89. The van der Waals surface area contributed by atoms with E-state index < -0.39 is 5.97 Å². The standard InChI is InChI=1S/C18H23ClN2O3S/c19-13-3-5-16(6-4-13)25-11-17(22)20-14-7-15(8-14)21(10-18(23)24)9-12-1-2-12/h3-6,12,14-15H,1-2,7-11H2,(H,20,22)(H,23,24). The number of rotatable bonds is 9. The fraction of sp³-hybridized carbons (Fsp3) is 0.556. The highest BCUT2D eigenvalue weighted by atomic mass is 35.5. The van der Waals surface area contributed by atoms with Crippen molar-refractivity contribution in [3.8, 4) is 0 Å². The molecule has 1 amide bonds. The molecule has 136 valence electrons. The molecule has 2 aliphatic rings. The number of amides is 1. The van der Waals surface area contributed by atoms with Crippen LogP contribution in [-0.2, 0) is 9.59 Å². The minimum absolute atomic E-state index is 0.0235. The Labute approximate surface area is 157 Å². The number of halogens is 1. The highest BCUT2D eigenvalue weighted by Gasteiger charge is 2.37. The van der Waals surface area contributed by atoms with Crippen molar-refractivity contribution in [2.45, 2.75) is 42.7 Å². The molecule has 0 unspecified atom stereocenters. The number of carbonyl (C=O) groups is 2. The highest BCUT2D eigenvalue weighted by molar-refractivity contribution is 8.00. The quantitative estimate of drug-likeness (QED) is 0.643. The lowest BCUT2D eigenvalue weighted by atomic mass is 9.85. The topological polar surface area (TPSA) is 69.6 Å². The van der Waals surface area contributed by atoms with Crippen LogP contribution in [-0.4, -0.2) is 52.8 Å². The Balaban J connectivity index is 1.37. The Hall–Kier alpha value is -1.24. The maximum absolute atomic E-state index is 12.1. The molecule has 0 atom stereocenters. The van der Waals surface area contributed by atoms with Gasteiger partial charge in [0.1, 0.15) is 0 Å². The maximum atomic E-state index is 12.1. The summed E-state index contributed by atoms with van der Waals surface area (Å²) in [6.07, 6.45) is 4.12. The second-order valence-corrected chi connectivity index (χ2v) is 8.38. The molecule has 5 nitrogen and oxygen atoms in total. The summed E-state index contributed by atoms with van der Waals surface area (Å²) in [4.78, 5) is 26.2. The number of benzene rings is 1. The van der Waals surface area contributed by atoms with Crippen LogP contribution in [0.25, 0.3) is 0 Å². The molecule has 0 bridgehead atoms. The zero-order chi connectivity index (χ0) is 17.8. The average molecular weight is 383 g/mol. The van der Waals surface area contributed by atoms with E-state index in [4.69, 9.17) is 16.7 Å². The number of carbonyl (C=O) groups excluding carboxylic acids is 1. The van der Waals surface area contributed by atoms with Gasteiger partial charge in [-0.15, -0.1) is 11.8 Å². The van der Waals surface area contributed by atoms with Crippen LogP contribution >= 0.6 is 23.4 Å². The second-order valence-electron chi connectivity index (χ2n) is 6.90. The number of nitrogens with zero attached hydrogens (tertiary/aromatic N) is 1. The molecule has 2 fully saturated rings. The SMILES string of the molecule is O=C(O)CN(CC1CC1)C1CC(NC(=O)CSc2ccc(Cl)cc2)C1. The van der Waals surface area contributed by atoms with Crippen molar-refractivity contribution in [1.82, 2.24) is 10.2 Å². The van der Waals surface area contributed by atoms with E-state index in [0.29, 0.717) is 16.7 Å². The maximum Gasteiger partial charge on any atom is 0.317 e. The lowest BCUT2D eigenvalue weighted by Gasteiger charge is -2.42. The van der Waals surface area contributed by atoms with Crippen molar-refractivity contribution in [3.63, 3.8) is 0 Å². The number of carboxylic acid groups (broad SMARTS) is 1. The molecule has 0 saturated heterocycles. The third-order valence-corrected chi connectivity index (χ3v) is 5.97. The second kappa shape index (κ2) is 8.43. The Morgan fingerprint density at radius 1 is 1.24 bits per heavy atom. The molecular weight excluding hydrogens is 360 g/mol. The molecule has 2 saturated carbocycles. The highest BCUT2D eigenvalue weighted by Crippen LogP contribution is 2.33. The first-order valence-corrected chi connectivity index (χ1v) is 9.99. The number of hydrogen-bond donors (Lipinski definition) is 2. The Morgan fingerprint density at radius 2 is 1.92 bits per heavy atom. The molecule has 0 radical (unpaired) electrons. The largest absolute Gasteiger partial charge is 0.480 e. The Bertz CT molecular complexity index is 615. The van der Waals surface area contributed by atoms with Crippen LogP contribution in [0.1, 0.15) is 25.7 Å². The normalized spacial score (nSPS) is 22.5. The van der Waals surface area contributed by atoms with Gasteiger partial charge in [-0.25, -0.2) is 0 Å². The van der Waals surface area contributed by atoms with Crippen molar-refractivity contribution in [1.29, 1.82) is 0 Å². The minimum atomic E-state index is -0.771. The van der Waals surface area contributed by atoms with E-state index in [-0.39, 0.29) is 24.5 Å². The molecule has 1 aromatic rings. The first kappa shape index (κ1) is 18.5. The van der Waals surface area contributed by atoms with E-state index >= 15 is 0 Å². The third-order valence-electron chi connectivity index (χ3n) is 4.71. The summed E-state index contributed by atoms with van der Waals surface area (Å²) in [5, 5.41) is 12.8. The van der Waals surface area contributed by atoms with Gasteiger partial charge in [-0.2, -0.15) is 0 Å². The molecule has 0 heterocycles. The Kier molecular flexibility index (Phi) is 6.25. The van der Waals surface area contributed by atoms with Crippen molar-refractivity contribution in [2.75, 3.05) is 18.8 Å². The van der Waals surface area contributed by atoms with Gasteiger partial charge in [0.15, 0.2) is 0 Å². The summed E-state index contributed by atoms with van der Waals surface area (Å²) in [7, 11) is 0. The van der Waals surface area contributed by atoms with Gasteiger partial charge in [0.2, 0.25) is 5.91 Å². The van der Waals surface area contributed by atoms with Crippen molar-refractivity contribution in [2.24, 2.45) is 5.92 Å². The van der Waals surface area contributed by atoms with E-state index in [1.807, 2.05) is 24.3 Å². The third kappa shape index (κ3) is 5.90. The van der Waals surface area contributed by atoms with E-state index in [1.54, 1.807) is 0 Å². The van der Waals surface area contributed by atoms with Crippen LogP contribution in [0.3, 0.4) is 0 Å². The van der Waals surface area contributed by atoms with Gasteiger partial charge in [-0.05, 0) is 55.9 Å². The molecule has 2 aliphatic carbocycles. The molecule has 2 N–H and O–H groups in total. The van der Waals surface area contributed by atoms with Gasteiger partial charge in [-0.3, -0.25) is 14.5 Å². The molecule has 3 rings (SSSR count). The summed E-state index contributed by atoms with van der Waals surface area (Å²) >= 11 is 7.33. The molecule has 1 aromatic carbocycles. The molecule has 7 heteroatoms. The number of aliphatic carboxylic acids is 1. The summed E-state index contributed by atoms with van der Waals surface area (Å²) < 4.78 is 0. The minimum Gasteiger partial charge on any atom is -0.480 e. The van der Waals surface area contributed by atoms with E-state index in [1.165, 1.54) is 24.6 Å². The van der Waals surface area contributed by atoms with Gasteiger partial charge in [0, 0.05) is 28.5 Å². The van der Waals surface area contributed by atoms with Crippen molar-refractivity contribution < 1.29 is 14.7 Å². The number of carboxylic acids is 1. The van der Waals surface area contributed by atoms with E-state index in [9.17, 15) is 9.59 Å². The number of hydrogen-bond acceptors (Lipinski definition) is 4. The monoisotopic (exact) mass is 382 g/mol. The van der Waals surface area contributed by atoms with Crippen molar-refractivity contribution >= 4 is 35.2 Å². The lowest BCUT2D eigenvalue weighted by molar-refractivity contribution is -0.140. The predicted molar refractivity (Wildman–Crippen MR) is 99.1 cm³/mol.